The van der Waals surface area contributed by atoms with Gasteiger partial charge in [0.05, 0.1) is 11.9 Å². The fourth-order valence-electron chi connectivity index (χ4n) is 1.73. The molecule has 3 nitrogen and oxygen atoms in total. The number of halogens is 3. The van der Waals surface area contributed by atoms with E-state index in [-0.39, 0.29) is 5.88 Å². The molecule has 1 saturated heterocycles. The lowest BCUT2D eigenvalue weighted by atomic mass is 10.1. The number of aromatic nitrogens is 1. The van der Waals surface area contributed by atoms with Gasteiger partial charge in [0.2, 0.25) is 5.88 Å². The Labute approximate surface area is 113 Å². The summed E-state index contributed by atoms with van der Waals surface area (Å²) >= 11 is 1.95. The van der Waals surface area contributed by atoms with Crippen molar-refractivity contribution >= 4 is 17.4 Å². The van der Waals surface area contributed by atoms with E-state index < -0.39 is 12.8 Å². The van der Waals surface area contributed by atoms with E-state index in [0.717, 1.165) is 18.0 Å². The molecule has 1 aliphatic rings. The van der Waals surface area contributed by atoms with Crippen molar-refractivity contribution in [3.05, 3.63) is 18.3 Å². The zero-order valence-electron chi connectivity index (χ0n) is 10.2. The van der Waals surface area contributed by atoms with Crippen LogP contribution in [0.25, 0.3) is 0 Å². The highest BCUT2D eigenvalue weighted by molar-refractivity contribution is 7.99. The maximum Gasteiger partial charge on any atom is 0.422 e. The first-order valence-corrected chi connectivity index (χ1v) is 7.15. The van der Waals surface area contributed by atoms with E-state index in [1.807, 2.05) is 11.8 Å². The second kappa shape index (κ2) is 6.36. The number of ether oxygens (including phenoxy) is 1. The average molecular weight is 292 g/mol. The second-order valence-corrected chi connectivity index (χ2v) is 5.55. The van der Waals surface area contributed by atoms with E-state index in [0.29, 0.717) is 5.92 Å². The lowest BCUT2D eigenvalue weighted by molar-refractivity contribution is -0.154. The molecule has 1 unspecified atom stereocenters. The number of nitrogens with zero attached hydrogens (tertiary/aromatic N) is 1. The summed E-state index contributed by atoms with van der Waals surface area (Å²) in [7, 11) is 0. The fourth-order valence-corrected chi connectivity index (χ4v) is 3.02. The van der Waals surface area contributed by atoms with Crippen molar-refractivity contribution in [2.75, 3.05) is 30.0 Å². The van der Waals surface area contributed by atoms with Gasteiger partial charge in [-0.15, -0.1) is 0 Å². The molecule has 1 atom stereocenters. The van der Waals surface area contributed by atoms with Crippen molar-refractivity contribution in [3.63, 3.8) is 0 Å². The quantitative estimate of drug-likeness (QED) is 0.904. The van der Waals surface area contributed by atoms with E-state index in [2.05, 4.69) is 15.0 Å². The molecule has 2 rings (SSSR count). The molecule has 106 valence electrons. The predicted molar refractivity (Wildman–Crippen MR) is 69.7 cm³/mol. The van der Waals surface area contributed by atoms with Crippen LogP contribution in [0.1, 0.15) is 6.42 Å². The summed E-state index contributed by atoms with van der Waals surface area (Å²) in [5.41, 5.74) is 0.802. The van der Waals surface area contributed by atoms with Crippen molar-refractivity contribution in [3.8, 4) is 5.88 Å². The summed E-state index contributed by atoms with van der Waals surface area (Å²) in [6, 6.07) is 3.12. The molecule has 0 amide bonds. The molecule has 1 fully saturated rings. The number of pyridine rings is 1. The Morgan fingerprint density at radius 2 is 2.26 bits per heavy atom. The van der Waals surface area contributed by atoms with Gasteiger partial charge in [0.15, 0.2) is 6.61 Å². The maximum atomic E-state index is 11.9. The van der Waals surface area contributed by atoms with Gasteiger partial charge in [0, 0.05) is 12.6 Å². The van der Waals surface area contributed by atoms with Crippen LogP contribution < -0.4 is 10.1 Å². The Hall–Kier alpha value is -1.11. The molecule has 19 heavy (non-hydrogen) atoms. The minimum atomic E-state index is -4.33. The molecule has 0 bridgehead atoms. The number of thioether (sulfide) groups is 1. The monoisotopic (exact) mass is 292 g/mol. The topological polar surface area (TPSA) is 34.1 Å². The molecule has 1 aromatic heterocycles. The zero-order chi connectivity index (χ0) is 13.7. The van der Waals surface area contributed by atoms with E-state index in [1.165, 1.54) is 24.4 Å². The van der Waals surface area contributed by atoms with E-state index in [4.69, 9.17) is 0 Å². The van der Waals surface area contributed by atoms with Crippen molar-refractivity contribution in [2.24, 2.45) is 5.92 Å². The second-order valence-electron chi connectivity index (χ2n) is 4.40. The average Bonchev–Trinajstić information content (AvgIpc) is 2.87. The third-order valence-corrected chi connectivity index (χ3v) is 3.97. The van der Waals surface area contributed by atoms with E-state index in [9.17, 15) is 13.2 Å². The number of rotatable bonds is 5. The van der Waals surface area contributed by atoms with Crippen molar-refractivity contribution in [1.82, 2.24) is 4.98 Å². The summed E-state index contributed by atoms with van der Waals surface area (Å²) in [4.78, 5) is 3.84. The van der Waals surface area contributed by atoms with Crippen LogP contribution in [0.4, 0.5) is 18.9 Å². The minimum absolute atomic E-state index is 0.0145. The summed E-state index contributed by atoms with van der Waals surface area (Å²) in [6.07, 6.45) is -1.63. The fraction of sp³-hybridized carbons (Fsp3) is 0.583. The highest BCUT2D eigenvalue weighted by Gasteiger charge is 2.28. The third-order valence-electron chi connectivity index (χ3n) is 2.74. The Morgan fingerprint density at radius 3 is 2.84 bits per heavy atom. The first-order chi connectivity index (χ1) is 9.03. The predicted octanol–water partition coefficient (Wildman–Crippen LogP) is 3.19. The summed E-state index contributed by atoms with van der Waals surface area (Å²) in [5.74, 6) is 3.01. The molecule has 1 N–H and O–H groups in total. The van der Waals surface area contributed by atoms with Gasteiger partial charge in [0.1, 0.15) is 0 Å². The third kappa shape index (κ3) is 5.18. The van der Waals surface area contributed by atoms with Crippen molar-refractivity contribution < 1.29 is 17.9 Å². The molecule has 0 aromatic carbocycles. The number of hydrogen-bond donors (Lipinski definition) is 1. The Bertz CT molecular complexity index is 391. The largest absolute Gasteiger partial charge is 0.468 e. The van der Waals surface area contributed by atoms with Gasteiger partial charge in [-0.3, -0.25) is 0 Å². The van der Waals surface area contributed by atoms with Gasteiger partial charge in [-0.05, 0) is 29.9 Å². The molecule has 0 spiro atoms. The van der Waals surface area contributed by atoms with Crippen LogP contribution in [0.5, 0.6) is 5.88 Å². The van der Waals surface area contributed by atoms with E-state index >= 15 is 0 Å². The van der Waals surface area contributed by atoms with Crippen molar-refractivity contribution in [1.29, 1.82) is 0 Å². The summed E-state index contributed by atoms with van der Waals surface area (Å²) < 4.78 is 40.4. The van der Waals surface area contributed by atoms with E-state index in [1.54, 1.807) is 6.07 Å². The molecular formula is C12H15F3N2OS. The molecule has 1 aromatic rings. The first kappa shape index (κ1) is 14.3. The number of hydrogen-bond acceptors (Lipinski definition) is 4. The molecule has 0 saturated carbocycles. The molecule has 0 aliphatic carbocycles. The van der Waals surface area contributed by atoms with Crippen LogP contribution in [-0.4, -0.2) is 35.8 Å². The van der Waals surface area contributed by atoms with Gasteiger partial charge in [-0.1, -0.05) is 0 Å². The van der Waals surface area contributed by atoms with Crippen LogP contribution in [0.3, 0.4) is 0 Å². The molecule has 1 aliphatic heterocycles. The SMILES string of the molecule is FC(F)(F)COc1ccc(NCC2CCSC2)cn1. The highest BCUT2D eigenvalue weighted by atomic mass is 32.2. The first-order valence-electron chi connectivity index (χ1n) is 6.00. The van der Waals surface area contributed by atoms with Crippen molar-refractivity contribution in [2.45, 2.75) is 12.6 Å². The lowest BCUT2D eigenvalue weighted by Gasteiger charge is -2.12. The van der Waals surface area contributed by atoms with Crippen LogP contribution in [0.2, 0.25) is 0 Å². The Kier molecular flexibility index (Phi) is 4.79. The van der Waals surface area contributed by atoms with Gasteiger partial charge in [-0.25, -0.2) is 4.98 Å². The molecule has 2 heterocycles. The van der Waals surface area contributed by atoms with Gasteiger partial charge in [0.25, 0.3) is 0 Å². The Morgan fingerprint density at radius 1 is 1.42 bits per heavy atom. The van der Waals surface area contributed by atoms with Crippen LogP contribution in [-0.2, 0) is 0 Å². The zero-order valence-corrected chi connectivity index (χ0v) is 11.1. The maximum absolute atomic E-state index is 11.9. The normalized spacial score (nSPS) is 19.4. The van der Waals surface area contributed by atoms with Crippen LogP contribution in [0.15, 0.2) is 18.3 Å². The Balaban J connectivity index is 1.77. The smallest absolute Gasteiger partial charge is 0.422 e. The number of anilines is 1. The number of alkyl halides is 3. The van der Waals surface area contributed by atoms with Crippen LogP contribution in [0, 0.1) is 5.92 Å². The molecule has 0 radical (unpaired) electrons. The summed E-state index contributed by atoms with van der Waals surface area (Å²) in [6.45, 7) is -0.441. The standard InChI is InChI=1S/C12H15F3N2OS/c13-12(14,15)8-18-11-2-1-10(6-17-11)16-5-9-3-4-19-7-9/h1-2,6,9,16H,3-5,7-8H2. The minimum Gasteiger partial charge on any atom is -0.468 e. The van der Waals surface area contributed by atoms with Gasteiger partial charge >= 0.3 is 6.18 Å². The van der Waals surface area contributed by atoms with Crippen LogP contribution >= 0.6 is 11.8 Å². The van der Waals surface area contributed by atoms with Gasteiger partial charge < -0.3 is 10.1 Å². The van der Waals surface area contributed by atoms with Gasteiger partial charge in [-0.2, -0.15) is 24.9 Å². The lowest BCUT2D eigenvalue weighted by Crippen LogP contribution is -2.19. The molecular weight excluding hydrogens is 277 g/mol. The molecule has 7 heteroatoms. The number of nitrogens with one attached hydrogen (secondary N) is 1. The highest BCUT2D eigenvalue weighted by Crippen LogP contribution is 2.24. The summed E-state index contributed by atoms with van der Waals surface area (Å²) in [5, 5.41) is 3.23.